The molecule has 1 saturated heterocycles. The van der Waals surface area contributed by atoms with Gasteiger partial charge in [-0.15, -0.1) is 0 Å². The Bertz CT molecular complexity index is 809. The molecule has 0 atom stereocenters. The number of hydrogen-bond donors (Lipinski definition) is 2. The number of rotatable bonds is 9. The third-order valence-electron chi connectivity index (χ3n) is 7.61. The summed E-state index contributed by atoms with van der Waals surface area (Å²) in [5.74, 6) is 0.627. The third-order valence-corrected chi connectivity index (χ3v) is 8.52. The lowest BCUT2D eigenvalue weighted by Gasteiger charge is -2.38. The van der Waals surface area contributed by atoms with Gasteiger partial charge in [-0.3, -0.25) is 14.4 Å². The first kappa shape index (κ1) is 26.0. The largest absolute Gasteiger partial charge is 0.325 e. The lowest BCUT2D eigenvalue weighted by atomic mass is 9.67. The second-order valence-electron chi connectivity index (χ2n) is 9.83. The summed E-state index contributed by atoms with van der Waals surface area (Å²) >= 11 is 0.852. The van der Waals surface area contributed by atoms with Gasteiger partial charge in [0.1, 0.15) is 0 Å². The molecular formula is C27H40N2O3S. The van der Waals surface area contributed by atoms with Crippen molar-refractivity contribution in [2.45, 2.75) is 84.5 Å². The van der Waals surface area contributed by atoms with E-state index >= 15 is 0 Å². The van der Waals surface area contributed by atoms with Crippen molar-refractivity contribution in [2.24, 2.45) is 17.3 Å². The summed E-state index contributed by atoms with van der Waals surface area (Å²) in [6.45, 7) is 6.09. The molecule has 0 radical (unpaired) electrons. The van der Waals surface area contributed by atoms with Gasteiger partial charge in [0.15, 0.2) is 5.12 Å². The highest BCUT2D eigenvalue weighted by atomic mass is 32.2. The standard InChI is InChI=1S/C27H40N2O3S/c1-3-20(4-2)19-27(14-8-5-9-15-27)26(32)29-23-11-7-6-10-22(23)18-24(30)33-25(31)21-12-16-28-17-13-21/h6-7,10-11,20-21,28H,3-5,8-9,12-19H2,1-2H3,(H,29,32). The molecule has 2 N–H and O–H groups in total. The van der Waals surface area contributed by atoms with Crippen LogP contribution in [-0.2, 0) is 20.8 Å². The van der Waals surface area contributed by atoms with Crippen LogP contribution in [0, 0.1) is 17.3 Å². The van der Waals surface area contributed by atoms with E-state index < -0.39 is 0 Å². The van der Waals surface area contributed by atoms with Gasteiger partial charge in [0.25, 0.3) is 0 Å². The van der Waals surface area contributed by atoms with Crippen molar-refractivity contribution in [1.82, 2.24) is 5.32 Å². The fourth-order valence-corrected chi connectivity index (χ4v) is 6.23. The minimum Gasteiger partial charge on any atom is -0.325 e. The van der Waals surface area contributed by atoms with Crippen LogP contribution in [0.2, 0.25) is 0 Å². The highest BCUT2D eigenvalue weighted by Gasteiger charge is 2.40. The molecule has 0 unspecified atom stereocenters. The molecule has 3 rings (SSSR count). The van der Waals surface area contributed by atoms with E-state index in [2.05, 4.69) is 24.5 Å². The van der Waals surface area contributed by atoms with Crippen LogP contribution in [0.15, 0.2) is 24.3 Å². The molecule has 1 saturated carbocycles. The number of anilines is 1. The Labute approximate surface area is 203 Å². The maximum atomic E-state index is 13.6. The number of thioether (sulfide) groups is 1. The van der Waals surface area contributed by atoms with Gasteiger partial charge in [0.05, 0.1) is 0 Å². The molecule has 6 heteroatoms. The number of benzene rings is 1. The SMILES string of the molecule is CCC(CC)CC1(C(=O)Nc2ccccc2CC(=O)SC(=O)C2CCNCC2)CCCCC1. The molecule has 0 bridgehead atoms. The van der Waals surface area contributed by atoms with Gasteiger partial charge >= 0.3 is 0 Å². The van der Waals surface area contributed by atoms with E-state index in [1.807, 2.05) is 24.3 Å². The molecule has 1 aromatic rings. The highest BCUT2D eigenvalue weighted by Crippen LogP contribution is 2.44. The van der Waals surface area contributed by atoms with Gasteiger partial charge in [0, 0.05) is 23.4 Å². The van der Waals surface area contributed by atoms with Crippen molar-refractivity contribution >= 4 is 33.6 Å². The first-order chi connectivity index (χ1) is 16.0. The Hall–Kier alpha value is -1.66. The van der Waals surface area contributed by atoms with E-state index in [-0.39, 0.29) is 33.9 Å². The van der Waals surface area contributed by atoms with Crippen LogP contribution in [-0.4, -0.2) is 29.2 Å². The molecule has 33 heavy (non-hydrogen) atoms. The van der Waals surface area contributed by atoms with E-state index in [1.165, 1.54) is 6.42 Å². The molecule has 182 valence electrons. The van der Waals surface area contributed by atoms with E-state index in [9.17, 15) is 14.4 Å². The maximum Gasteiger partial charge on any atom is 0.230 e. The van der Waals surface area contributed by atoms with E-state index in [1.54, 1.807) is 0 Å². The van der Waals surface area contributed by atoms with Crippen LogP contribution >= 0.6 is 11.8 Å². The van der Waals surface area contributed by atoms with Crippen LogP contribution in [0.4, 0.5) is 5.69 Å². The average molecular weight is 473 g/mol. The molecule has 0 aromatic heterocycles. The highest BCUT2D eigenvalue weighted by molar-refractivity contribution is 8.26. The van der Waals surface area contributed by atoms with E-state index in [4.69, 9.17) is 0 Å². The Morgan fingerprint density at radius 2 is 1.73 bits per heavy atom. The van der Waals surface area contributed by atoms with Crippen LogP contribution in [0.3, 0.4) is 0 Å². The van der Waals surface area contributed by atoms with Gasteiger partial charge in [0.2, 0.25) is 11.0 Å². The van der Waals surface area contributed by atoms with Gasteiger partial charge in [-0.1, -0.05) is 64.2 Å². The van der Waals surface area contributed by atoms with Crippen LogP contribution < -0.4 is 10.6 Å². The average Bonchev–Trinajstić information content (AvgIpc) is 2.84. The molecule has 2 aliphatic rings. The summed E-state index contributed by atoms with van der Waals surface area (Å²) in [5.41, 5.74) is 1.18. The minimum absolute atomic E-state index is 0.0191. The molecule has 0 spiro atoms. The summed E-state index contributed by atoms with van der Waals surface area (Å²) in [4.78, 5) is 38.8. The minimum atomic E-state index is -0.314. The van der Waals surface area contributed by atoms with E-state index in [0.717, 1.165) is 88.2 Å². The number of carbonyl (C=O) groups is 3. The zero-order valence-corrected chi connectivity index (χ0v) is 21.1. The Morgan fingerprint density at radius 1 is 1.06 bits per heavy atom. The fourth-order valence-electron chi connectivity index (χ4n) is 5.38. The number of piperidine rings is 1. The molecular weight excluding hydrogens is 432 g/mol. The first-order valence-corrected chi connectivity index (χ1v) is 13.6. The van der Waals surface area contributed by atoms with Gasteiger partial charge < -0.3 is 10.6 Å². The molecule has 1 aromatic carbocycles. The summed E-state index contributed by atoms with van der Waals surface area (Å²) in [5, 5.41) is 6.29. The van der Waals surface area contributed by atoms with Gasteiger partial charge in [-0.2, -0.15) is 0 Å². The molecule has 5 nitrogen and oxygen atoms in total. The topological polar surface area (TPSA) is 75.3 Å². The van der Waals surface area contributed by atoms with Crippen molar-refractivity contribution in [3.63, 3.8) is 0 Å². The lowest BCUT2D eigenvalue weighted by Crippen LogP contribution is -2.40. The second-order valence-corrected chi connectivity index (χ2v) is 10.9. The predicted octanol–water partition coefficient (Wildman–Crippen LogP) is 5.73. The maximum absolute atomic E-state index is 13.6. The molecule has 1 amide bonds. The Kier molecular flexibility index (Phi) is 9.99. The number of amides is 1. The normalized spacial score (nSPS) is 18.8. The van der Waals surface area contributed by atoms with Crippen LogP contribution in [0.25, 0.3) is 0 Å². The Morgan fingerprint density at radius 3 is 2.39 bits per heavy atom. The fraction of sp³-hybridized carbons (Fsp3) is 0.667. The predicted molar refractivity (Wildman–Crippen MR) is 136 cm³/mol. The molecule has 1 aliphatic heterocycles. The summed E-state index contributed by atoms with van der Waals surface area (Å²) in [7, 11) is 0. The van der Waals surface area contributed by atoms with Crippen molar-refractivity contribution < 1.29 is 14.4 Å². The van der Waals surface area contributed by atoms with Gasteiger partial charge in [-0.05, 0) is 74.5 Å². The summed E-state index contributed by atoms with van der Waals surface area (Å²) in [6.07, 6.45) is 10.2. The number of hydrogen-bond acceptors (Lipinski definition) is 5. The van der Waals surface area contributed by atoms with Crippen molar-refractivity contribution in [3.05, 3.63) is 29.8 Å². The lowest BCUT2D eigenvalue weighted by molar-refractivity contribution is -0.128. The quantitative estimate of drug-likeness (QED) is 0.480. The first-order valence-electron chi connectivity index (χ1n) is 12.8. The molecule has 2 fully saturated rings. The van der Waals surface area contributed by atoms with Crippen LogP contribution in [0.5, 0.6) is 0 Å². The number of nitrogens with one attached hydrogen (secondary N) is 2. The number of carbonyl (C=O) groups excluding carboxylic acids is 3. The third kappa shape index (κ3) is 7.16. The van der Waals surface area contributed by atoms with E-state index in [0.29, 0.717) is 11.6 Å². The molecule has 1 aliphatic carbocycles. The van der Waals surface area contributed by atoms with Crippen molar-refractivity contribution in [3.8, 4) is 0 Å². The van der Waals surface area contributed by atoms with Crippen molar-refractivity contribution in [1.29, 1.82) is 0 Å². The van der Waals surface area contributed by atoms with Gasteiger partial charge in [-0.25, -0.2) is 0 Å². The smallest absolute Gasteiger partial charge is 0.230 e. The number of para-hydroxylation sites is 1. The van der Waals surface area contributed by atoms with Crippen molar-refractivity contribution in [2.75, 3.05) is 18.4 Å². The van der Waals surface area contributed by atoms with Crippen LogP contribution in [0.1, 0.15) is 83.6 Å². The zero-order valence-electron chi connectivity index (χ0n) is 20.3. The monoisotopic (exact) mass is 472 g/mol. The molecule has 1 heterocycles. The second kappa shape index (κ2) is 12.7. The summed E-state index contributed by atoms with van der Waals surface area (Å²) in [6, 6.07) is 7.55. The zero-order chi connectivity index (χ0) is 23.7. The summed E-state index contributed by atoms with van der Waals surface area (Å²) < 4.78 is 0. The Balaban J connectivity index is 1.67.